The first-order valence-electron chi connectivity index (χ1n) is 5.15. The third-order valence-electron chi connectivity index (χ3n) is 3.21. The van der Waals surface area contributed by atoms with E-state index in [9.17, 15) is 0 Å². The van der Waals surface area contributed by atoms with Gasteiger partial charge in [0.1, 0.15) is 5.15 Å². The third kappa shape index (κ3) is 1.64. The fraction of sp³-hybridized carbons (Fsp3) is 0.545. The average Bonchev–Trinajstić information content (AvgIpc) is 2.74. The van der Waals surface area contributed by atoms with Crippen LogP contribution < -0.4 is 0 Å². The zero-order valence-electron chi connectivity index (χ0n) is 7.99. The highest BCUT2D eigenvalue weighted by Gasteiger charge is 2.44. The molecule has 3 heteroatoms. The Labute approximate surface area is 88.9 Å². The number of hydrogen-bond acceptors (Lipinski definition) is 2. The van der Waals surface area contributed by atoms with Crippen LogP contribution in [0.2, 0.25) is 5.15 Å². The highest BCUT2D eigenvalue weighted by atomic mass is 35.5. The molecule has 14 heavy (non-hydrogen) atoms. The summed E-state index contributed by atoms with van der Waals surface area (Å²) in [6.07, 6.45) is 1.46. The summed E-state index contributed by atoms with van der Waals surface area (Å²) in [5.41, 5.74) is 1.10. The Morgan fingerprint density at radius 1 is 1.36 bits per heavy atom. The van der Waals surface area contributed by atoms with E-state index in [4.69, 9.17) is 11.6 Å². The number of pyridine rings is 1. The van der Waals surface area contributed by atoms with Gasteiger partial charge in [0, 0.05) is 19.6 Å². The van der Waals surface area contributed by atoms with Gasteiger partial charge in [-0.2, -0.15) is 0 Å². The van der Waals surface area contributed by atoms with Crippen LogP contribution in [0.5, 0.6) is 0 Å². The molecule has 0 amide bonds. The van der Waals surface area contributed by atoms with Crippen molar-refractivity contribution in [2.24, 2.45) is 11.8 Å². The van der Waals surface area contributed by atoms with Crippen molar-refractivity contribution in [3.8, 4) is 0 Å². The van der Waals surface area contributed by atoms with Gasteiger partial charge in [0.25, 0.3) is 0 Å². The van der Waals surface area contributed by atoms with Crippen molar-refractivity contribution >= 4 is 11.6 Å². The molecule has 2 atom stereocenters. The van der Waals surface area contributed by atoms with Crippen LogP contribution in [0, 0.1) is 11.8 Å². The minimum Gasteiger partial charge on any atom is -0.297 e. The monoisotopic (exact) mass is 208 g/mol. The summed E-state index contributed by atoms with van der Waals surface area (Å²) in [5, 5.41) is 0.604. The van der Waals surface area contributed by atoms with Crippen LogP contribution in [0.1, 0.15) is 12.1 Å². The van der Waals surface area contributed by atoms with E-state index in [0.717, 1.165) is 24.1 Å². The molecule has 2 unspecified atom stereocenters. The molecule has 2 fully saturated rings. The zero-order chi connectivity index (χ0) is 9.54. The van der Waals surface area contributed by atoms with E-state index in [-0.39, 0.29) is 0 Å². The summed E-state index contributed by atoms with van der Waals surface area (Å²) in [6, 6.07) is 5.85. The Morgan fingerprint density at radius 3 is 2.86 bits per heavy atom. The van der Waals surface area contributed by atoms with Crippen LogP contribution in [-0.2, 0) is 6.54 Å². The molecule has 74 valence electrons. The number of halogens is 1. The van der Waals surface area contributed by atoms with Crippen molar-refractivity contribution in [3.05, 3.63) is 29.0 Å². The van der Waals surface area contributed by atoms with Crippen LogP contribution in [-0.4, -0.2) is 23.0 Å². The molecule has 0 bridgehead atoms. The molecule has 0 radical (unpaired) electrons. The van der Waals surface area contributed by atoms with Crippen molar-refractivity contribution < 1.29 is 0 Å². The predicted octanol–water partition coefficient (Wildman–Crippen LogP) is 2.19. The van der Waals surface area contributed by atoms with Gasteiger partial charge in [-0.15, -0.1) is 0 Å². The molecule has 1 aromatic rings. The summed E-state index contributed by atoms with van der Waals surface area (Å²) in [6.45, 7) is 3.49. The molecule has 1 saturated heterocycles. The van der Waals surface area contributed by atoms with Crippen LogP contribution in [0.15, 0.2) is 18.2 Å². The van der Waals surface area contributed by atoms with E-state index < -0.39 is 0 Å². The van der Waals surface area contributed by atoms with Gasteiger partial charge in [-0.05, 0) is 30.4 Å². The number of fused-ring (bicyclic) bond motifs is 1. The lowest BCUT2D eigenvalue weighted by Crippen LogP contribution is -2.22. The molecule has 2 aliphatic rings. The summed E-state index contributed by atoms with van der Waals surface area (Å²) in [4.78, 5) is 6.78. The quantitative estimate of drug-likeness (QED) is 0.693. The average molecular weight is 209 g/mol. The minimum atomic E-state index is 0.604. The molecule has 1 aromatic heterocycles. The maximum absolute atomic E-state index is 5.84. The van der Waals surface area contributed by atoms with Crippen molar-refractivity contribution in [1.29, 1.82) is 0 Å². The Kier molecular flexibility index (Phi) is 1.99. The first-order valence-corrected chi connectivity index (χ1v) is 5.53. The van der Waals surface area contributed by atoms with Crippen molar-refractivity contribution in [1.82, 2.24) is 9.88 Å². The van der Waals surface area contributed by atoms with E-state index >= 15 is 0 Å². The summed E-state index contributed by atoms with van der Waals surface area (Å²) < 4.78 is 0. The van der Waals surface area contributed by atoms with E-state index in [0.29, 0.717) is 5.15 Å². The Hall–Kier alpha value is -0.600. The lowest BCUT2D eigenvalue weighted by Gasteiger charge is -2.16. The van der Waals surface area contributed by atoms with E-state index in [1.165, 1.54) is 19.5 Å². The lowest BCUT2D eigenvalue weighted by atomic mass is 10.3. The second kappa shape index (κ2) is 3.21. The van der Waals surface area contributed by atoms with Crippen LogP contribution in [0.4, 0.5) is 0 Å². The number of aromatic nitrogens is 1. The molecule has 0 spiro atoms. The third-order valence-corrected chi connectivity index (χ3v) is 3.42. The Bertz CT molecular complexity index is 343. The molecule has 0 aromatic carbocycles. The van der Waals surface area contributed by atoms with Gasteiger partial charge in [0.05, 0.1) is 5.69 Å². The standard InChI is InChI=1S/C11H13ClN2/c12-11-3-1-2-10(13-11)7-14-5-8-4-9(8)6-14/h1-3,8-9H,4-7H2. The second-order valence-electron chi connectivity index (χ2n) is 4.40. The van der Waals surface area contributed by atoms with Gasteiger partial charge < -0.3 is 0 Å². The number of rotatable bonds is 2. The van der Waals surface area contributed by atoms with Crippen molar-refractivity contribution in [2.45, 2.75) is 13.0 Å². The molecule has 2 nitrogen and oxygen atoms in total. The molecule has 1 saturated carbocycles. The van der Waals surface area contributed by atoms with Crippen LogP contribution in [0.25, 0.3) is 0 Å². The normalized spacial score (nSPS) is 30.4. The first kappa shape index (κ1) is 8.69. The molecule has 2 heterocycles. The van der Waals surface area contributed by atoms with Crippen molar-refractivity contribution in [3.63, 3.8) is 0 Å². The van der Waals surface area contributed by atoms with Crippen LogP contribution >= 0.6 is 11.6 Å². The fourth-order valence-corrected chi connectivity index (χ4v) is 2.57. The van der Waals surface area contributed by atoms with Gasteiger partial charge in [-0.3, -0.25) is 4.90 Å². The van der Waals surface area contributed by atoms with Gasteiger partial charge in [0.15, 0.2) is 0 Å². The van der Waals surface area contributed by atoms with Crippen LogP contribution in [0.3, 0.4) is 0 Å². The summed E-state index contributed by atoms with van der Waals surface area (Å²) in [7, 11) is 0. The van der Waals surface area contributed by atoms with Gasteiger partial charge in [-0.1, -0.05) is 17.7 Å². The molecule has 3 rings (SSSR count). The van der Waals surface area contributed by atoms with Crippen molar-refractivity contribution in [2.75, 3.05) is 13.1 Å². The largest absolute Gasteiger partial charge is 0.297 e. The SMILES string of the molecule is Clc1cccc(CN2CC3CC3C2)n1. The maximum Gasteiger partial charge on any atom is 0.129 e. The molecular weight excluding hydrogens is 196 g/mol. The summed E-state index contributed by atoms with van der Waals surface area (Å²) >= 11 is 5.84. The molecule has 0 N–H and O–H groups in total. The van der Waals surface area contributed by atoms with Gasteiger partial charge in [-0.25, -0.2) is 4.98 Å². The molecule has 1 aliphatic heterocycles. The van der Waals surface area contributed by atoms with Gasteiger partial charge in [0.2, 0.25) is 0 Å². The van der Waals surface area contributed by atoms with Gasteiger partial charge >= 0.3 is 0 Å². The van der Waals surface area contributed by atoms with E-state index in [2.05, 4.69) is 16.0 Å². The Morgan fingerprint density at radius 2 is 2.14 bits per heavy atom. The lowest BCUT2D eigenvalue weighted by molar-refractivity contribution is 0.293. The number of hydrogen-bond donors (Lipinski definition) is 0. The zero-order valence-corrected chi connectivity index (χ0v) is 8.74. The molecular formula is C11H13ClN2. The topological polar surface area (TPSA) is 16.1 Å². The summed E-state index contributed by atoms with van der Waals surface area (Å²) in [5.74, 6) is 1.99. The predicted molar refractivity (Wildman–Crippen MR) is 56.1 cm³/mol. The smallest absolute Gasteiger partial charge is 0.129 e. The number of piperidine rings is 1. The minimum absolute atomic E-state index is 0.604. The fourth-order valence-electron chi connectivity index (χ4n) is 2.39. The Balaban J connectivity index is 1.66. The number of nitrogens with zero attached hydrogens (tertiary/aromatic N) is 2. The number of likely N-dealkylation sites (tertiary alicyclic amines) is 1. The highest BCUT2D eigenvalue weighted by Crippen LogP contribution is 2.45. The highest BCUT2D eigenvalue weighted by molar-refractivity contribution is 6.29. The second-order valence-corrected chi connectivity index (χ2v) is 4.79. The first-order chi connectivity index (χ1) is 6.81. The van der Waals surface area contributed by atoms with E-state index in [1.54, 1.807) is 0 Å². The van der Waals surface area contributed by atoms with E-state index in [1.807, 2.05) is 12.1 Å². The maximum atomic E-state index is 5.84. The molecule has 1 aliphatic carbocycles.